The molecule has 0 radical (unpaired) electrons. The van der Waals surface area contributed by atoms with Crippen LogP contribution in [0.3, 0.4) is 0 Å². The van der Waals surface area contributed by atoms with Crippen LogP contribution in [0, 0.1) is 12.8 Å². The molecule has 34 heavy (non-hydrogen) atoms. The van der Waals surface area contributed by atoms with E-state index >= 15 is 0 Å². The van der Waals surface area contributed by atoms with Gasteiger partial charge in [0.15, 0.2) is 0 Å². The highest BCUT2D eigenvalue weighted by Crippen LogP contribution is 2.27. The molecule has 2 atom stereocenters. The van der Waals surface area contributed by atoms with Gasteiger partial charge in [-0.05, 0) is 61.9 Å². The molecule has 4 aromatic rings. The predicted molar refractivity (Wildman–Crippen MR) is 136 cm³/mol. The minimum absolute atomic E-state index is 0.0156. The third kappa shape index (κ3) is 4.33. The maximum Gasteiger partial charge on any atom is 0.277 e. The van der Waals surface area contributed by atoms with Gasteiger partial charge in [0, 0.05) is 25.5 Å². The Morgan fingerprint density at radius 3 is 2.79 bits per heavy atom. The number of amides is 1. The van der Waals surface area contributed by atoms with E-state index in [1.807, 2.05) is 61.7 Å². The van der Waals surface area contributed by atoms with Crippen molar-refractivity contribution in [3.05, 3.63) is 81.7 Å². The van der Waals surface area contributed by atoms with Crippen molar-refractivity contribution < 1.29 is 4.79 Å². The molecule has 3 aromatic heterocycles. The van der Waals surface area contributed by atoms with Crippen molar-refractivity contribution in [2.45, 2.75) is 32.7 Å². The van der Waals surface area contributed by atoms with Gasteiger partial charge in [-0.3, -0.25) is 14.6 Å². The first-order valence-electron chi connectivity index (χ1n) is 11.5. The summed E-state index contributed by atoms with van der Waals surface area (Å²) < 4.78 is 2.33. The molecule has 8 heteroatoms. The van der Waals surface area contributed by atoms with Crippen LogP contribution in [-0.4, -0.2) is 33.5 Å². The molecule has 174 valence electrons. The van der Waals surface area contributed by atoms with Gasteiger partial charge in [-0.15, -0.1) is 11.3 Å². The standard InChI is InChI=1S/C26H27N5O2S/c1-17-7-9-21(10-8-17)31-25(33)23-22(11-14-34-23)29-26(31)30-13-4-6-20(16-30)24(32)28-18(2)19-5-3-12-27-15-19/h3,5,7-12,14-15,18,20H,4,6,13,16H2,1-2H3,(H,28,32). The monoisotopic (exact) mass is 473 g/mol. The summed E-state index contributed by atoms with van der Waals surface area (Å²) in [5.41, 5.74) is 3.51. The van der Waals surface area contributed by atoms with Gasteiger partial charge >= 0.3 is 0 Å². The molecule has 1 amide bonds. The van der Waals surface area contributed by atoms with Crippen LogP contribution in [-0.2, 0) is 4.79 Å². The molecule has 1 fully saturated rings. The summed E-state index contributed by atoms with van der Waals surface area (Å²) in [6.07, 6.45) is 5.16. The number of hydrogen-bond donors (Lipinski definition) is 1. The normalized spacial score (nSPS) is 17.0. The van der Waals surface area contributed by atoms with Gasteiger partial charge in [0.05, 0.1) is 23.2 Å². The Morgan fingerprint density at radius 1 is 1.21 bits per heavy atom. The average molecular weight is 474 g/mol. The SMILES string of the molecule is Cc1ccc(-n2c(N3CCCC(C(=O)NC(C)c4cccnc4)C3)nc3ccsc3c2=O)cc1. The van der Waals surface area contributed by atoms with Crippen LogP contribution in [0.2, 0.25) is 0 Å². The lowest BCUT2D eigenvalue weighted by Crippen LogP contribution is -2.45. The third-order valence-electron chi connectivity index (χ3n) is 6.37. The van der Waals surface area contributed by atoms with E-state index in [1.54, 1.807) is 17.0 Å². The second kappa shape index (κ2) is 9.38. The van der Waals surface area contributed by atoms with E-state index in [1.165, 1.54) is 11.3 Å². The number of thiophene rings is 1. The zero-order valence-electron chi connectivity index (χ0n) is 19.3. The van der Waals surface area contributed by atoms with Crippen molar-refractivity contribution in [1.82, 2.24) is 19.9 Å². The van der Waals surface area contributed by atoms with Crippen LogP contribution < -0.4 is 15.8 Å². The zero-order chi connectivity index (χ0) is 23.7. The largest absolute Gasteiger partial charge is 0.349 e. The lowest BCUT2D eigenvalue weighted by molar-refractivity contribution is -0.125. The highest BCUT2D eigenvalue weighted by molar-refractivity contribution is 7.17. The molecule has 4 heterocycles. The van der Waals surface area contributed by atoms with E-state index in [0.717, 1.165) is 36.2 Å². The number of rotatable bonds is 5. The number of fused-ring (bicyclic) bond motifs is 1. The number of carbonyl (C=O) groups excluding carboxylic acids is 1. The first kappa shape index (κ1) is 22.3. The zero-order valence-corrected chi connectivity index (χ0v) is 20.1. The number of nitrogens with one attached hydrogen (secondary N) is 1. The molecule has 1 aliphatic heterocycles. The summed E-state index contributed by atoms with van der Waals surface area (Å²) in [5.74, 6) is 0.425. The first-order valence-corrected chi connectivity index (χ1v) is 12.4. The van der Waals surface area contributed by atoms with Gasteiger partial charge < -0.3 is 10.2 Å². The molecule has 1 aliphatic rings. The lowest BCUT2D eigenvalue weighted by Gasteiger charge is -2.34. The van der Waals surface area contributed by atoms with Crippen molar-refractivity contribution in [1.29, 1.82) is 0 Å². The predicted octanol–water partition coefficient (Wildman–Crippen LogP) is 4.24. The van der Waals surface area contributed by atoms with Crippen molar-refractivity contribution in [2.24, 2.45) is 5.92 Å². The number of carbonyl (C=O) groups is 1. The maximum absolute atomic E-state index is 13.5. The van der Waals surface area contributed by atoms with Gasteiger partial charge in [-0.25, -0.2) is 9.55 Å². The Bertz CT molecular complexity index is 1360. The van der Waals surface area contributed by atoms with Crippen molar-refractivity contribution in [2.75, 3.05) is 18.0 Å². The van der Waals surface area contributed by atoms with Gasteiger partial charge in [0.25, 0.3) is 5.56 Å². The second-order valence-electron chi connectivity index (χ2n) is 8.82. The van der Waals surface area contributed by atoms with Crippen LogP contribution in [0.4, 0.5) is 5.95 Å². The van der Waals surface area contributed by atoms with Crippen molar-refractivity contribution >= 4 is 33.4 Å². The fourth-order valence-electron chi connectivity index (χ4n) is 4.46. The molecule has 1 aromatic carbocycles. The minimum Gasteiger partial charge on any atom is -0.349 e. The summed E-state index contributed by atoms with van der Waals surface area (Å²) in [6.45, 7) is 5.25. The third-order valence-corrected chi connectivity index (χ3v) is 7.26. The maximum atomic E-state index is 13.5. The van der Waals surface area contributed by atoms with Gasteiger partial charge in [-0.2, -0.15) is 0 Å². The van der Waals surface area contributed by atoms with Crippen LogP contribution in [0.1, 0.15) is 36.9 Å². The lowest BCUT2D eigenvalue weighted by atomic mass is 9.96. The summed E-state index contributed by atoms with van der Waals surface area (Å²) in [4.78, 5) is 37.7. The number of nitrogens with zero attached hydrogens (tertiary/aromatic N) is 4. The van der Waals surface area contributed by atoms with Crippen molar-refractivity contribution in [3.8, 4) is 5.69 Å². The Morgan fingerprint density at radius 2 is 2.03 bits per heavy atom. The fraction of sp³-hybridized carbons (Fsp3) is 0.308. The molecule has 1 N–H and O–H groups in total. The molecule has 2 unspecified atom stereocenters. The molecule has 0 spiro atoms. The Labute approximate surface area is 202 Å². The highest BCUT2D eigenvalue weighted by atomic mass is 32.1. The van der Waals surface area contributed by atoms with Crippen LogP contribution in [0.25, 0.3) is 15.9 Å². The average Bonchev–Trinajstić information content (AvgIpc) is 3.34. The van der Waals surface area contributed by atoms with Crippen molar-refractivity contribution in [3.63, 3.8) is 0 Å². The van der Waals surface area contributed by atoms with Gasteiger partial charge in [0.1, 0.15) is 4.70 Å². The molecule has 7 nitrogen and oxygen atoms in total. The molecule has 1 saturated heterocycles. The fourth-order valence-corrected chi connectivity index (χ4v) is 5.22. The van der Waals surface area contributed by atoms with E-state index in [2.05, 4.69) is 15.2 Å². The first-order chi connectivity index (χ1) is 16.5. The van der Waals surface area contributed by atoms with E-state index in [9.17, 15) is 9.59 Å². The molecular formula is C26H27N5O2S. The number of piperidine rings is 1. The smallest absolute Gasteiger partial charge is 0.277 e. The van der Waals surface area contributed by atoms with E-state index in [4.69, 9.17) is 4.98 Å². The second-order valence-corrected chi connectivity index (χ2v) is 9.74. The molecule has 0 bridgehead atoms. The highest BCUT2D eigenvalue weighted by Gasteiger charge is 2.30. The number of benzene rings is 1. The number of anilines is 1. The molecule has 5 rings (SSSR count). The Kier molecular flexibility index (Phi) is 6.15. The summed E-state index contributed by atoms with van der Waals surface area (Å²) >= 11 is 1.41. The number of aryl methyl sites for hydroxylation is 1. The van der Waals surface area contributed by atoms with Crippen LogP contribution in [0.5, 0.6) is 0 Å². The number of pyridine rings is 1. The number of hydrogen-bond acceptors (Lipinski definition) is 6. The van der Waals surface area contributed by atoms with E-state index < -0.39 is 0 Å². The molecule has 0 saturated carbocycles. The van der Waals surface area contributed by atoms with Crippen LogP contribution in [0.15, 0.2) is 65.0 Å². The van der Waals surface area contributed by atoms with E-state index in [0.29, 0.717) is 22.7 Å². The summed E-state index contributed by atoms with van der Waals surface area (Å²) in [7, 11) is 0. The van der Waals surface area contributed by atoms with Crippen LogP contribution >= 0.6 is 11.3 Å². The topological polar surface area (TPSA) is 80.1 Å². The molecule has 0 aliphatic carbocycles. The van der Waals surface area contributed by atoms with Gasteiger partial charge in [0.2, 0.25) is 11.9 Å². The Balaban J connectivity index is 1.45. The van der Waals surface area contributed by atoms with E-state index in [-0.39, 0.29) is 23.4 Å². The summed E-state index contributed by atoms with van der Waals surface area (Å²) in [6, 6.07) is 13.5. The minimum atomic E-state index is -0.186. The van der Waals surface area contributed by atoms with Gasteiger partial charge in [-0.1, -0.05) is 23.8 Å². The summed E-state index contributed by atoms with van der Waals surface area (Å²) in [5, 5.41) is 5.03. The Hall–Kier alpha value is -3.52. The quantitative estimate of drug-likeness (QED) is 0.469. The molecular weight excluding hydrogens is 446 g/mol. The number of aromatic nitrogens is 3.